The Morgan fingerprint density at radius 2 is 1.67 bits per heavy atom. The Bertz CT molecular complexity index is 1340. The van der Waals surface area contributed by atoms with Crippen LogP contribution >= 0.6 is 11.3 Å². The monoisotopic (exact) mass is 548 g/mol. The first-order chi connectivity index (χ1) is 18.6. The molecule has 3 aromatic rings. The summed E-state index contributed by atoms with van der Waals surface area (Å²) < 4.78 is 11.4. The third-order valence-corrected chi connectivity index (χ3v) is 8.07. The number of rotatable bonds is 7. The summed E-state index contributed by atoms with van der Waals surface area (Å²) in [5.41, 5.74) is 2.00. The molecule has 0 bridgehead atoms. The van der Waals surface area contributed by atoms with Crippen LogP contribution in [0.4, 0.5) is 4.79 Å². The molecule has 2 unspecified atom stereocenters. The molecule has 8 nitrogen and oxygen atoms in total. The van der Waals surface area contributed by atoms with Gasteiger partial charge >= 0.3 is 18.0 Å². The van der Waals surface area contributed by atoms with Crippen LogP contribution in [0.2, 0.25) is 0 Å². The van der Waals surface area contributed by atoms with Gasteiger partial charge in [-0.05, 0) is 54.5 Å². The predicted octanol–water partition coefficient (Wildman–Crippen LogP) is 5.03. The number of fused-ring (bicyclic) bond motifs is 3. The van der Waals surface area contributed by atoms with Crippen molar-refractivity contribution in [1.29, 1.82) is 0 Å². The van der Waals surface area contributed by atoms with Gasteiger partial charge in [-0.25, -0.2) is 9.59 Å². The highest BCUT2D eigenvalue weighted by Crippen LogP contribution is 2.44. The van der Waals surface area contributed by atoms with Crippen LogP contribution in [0.5, 0.6) is 0 Å². The number of amides is 1. The van der Waals surface area contributed by atoms with E-state index in [4.69, 9.17) is 9.47 Å². The number of hydrogen-bond donors (Lipinski definition) is 2. The van der Waals surface area contributed by atoms with Gasteiger partial charge in [0.15, 0.2) is 0 Å². The van der Waals surface area contributed by atoms with E-state index in [9.17, 15) is 19.5 Å². The smallest absolute Gasteiger partial charge is 0.410 e. The molecule has 204 valence electrons. The van der Waals surface area contributed by atoms with Gasteiger partial charge in [0.25, 0.3) is 0 Å². The van der Waals surface area contributed by atoms with Gasteiger partial charge in [0.1, 0.15) is 23.8 Å². The largest absolute Gasteiger partial charge is 0.480 e. The van der Waals surface area contributed by atoms with Crippen LogP contribution in [0.3, 0.4) is 0 Å². The second-order valence-electron chi connectivity index (χ2n) is 11.0. The zero-order valence-corrected chi connectivity index (χ0v) is 23.0. The average Bonchev–Trinajstić information content (AvgIpc) is 3.62. The topological polar surface area (TPSA) is 105 Å². The van der Waals surface area contributed by atoms with Crippen molar-refractivity contribution in [1.82, 2.24) is 10.2 Å². The van der Waals surface area contributed by atoms with Crippen LogP contribution in [0, 0.1) is 0 Å². The van der Waals surface area contributed by atoms with E-state index in [1.807, 2.05) is 53.9 Å². The molecular weight excluding hydrogens is 516 g/mol. The van der Waals surface area contributed by atoms with Gasteiger partial charge in [0, 0.05) is 23.8 Å². The molecule has 39 heavy (non-hydrogen) atoms. The lowest BCUT2D eigenvalue weighted by Gasteiger charge is -2.27. The minimum Gasteiger partial charge on any atom is -0.480 e. The molecule has 9 heteroatoms. The molecule has 1 fully saturated rings. The van der Waals surface area contributed by atoms with Crippen molar-refractivity contribution >= 4 is 29.4 Å². The van der Waals surface area contributed by atoms with Gasteiger partial charge < -0.3 is 14.6 Å². The molecular formula is C30H32N2O6S. The van der Waals surface area contributed by atoms with E-state index in [-0.39, 0.29) is 25.5 Å². The maximum Gasteiger partial charge on any atom is 0.410 e. The number of carboxylic acid groups (broad SMARTS) is 1. The molecule has 2 heterocycles. The molecule has 1 aliphatic carbocycles. The molecule has 2 N–H and O–H groups in total. The summed E-state index contributed by atoms with van der Waals surface area (Å²) in [5.74, 6) is -1.95. The molecule has 5 rings (SSSR count). The van der Waals surface area contributed by atoms with Crippen LogP contribution in [0.1, 0.15) is 49.1 Å². The number of aliphatic carboxylic acids is 1. The number of likely N-dealkylation sites (tertiary alicyclic amines) is 1. The van der Waals surface area contributed by atoms with Crippen LogP contribution in [-0.2, 0) is 25.6 Å². The molecule has 0 saturated carbocycles. The fraction of sp³-hybridized carbons (Fsp3) is 0.367. The summed E-state index contributed by atoms with van der Waals surface area (Å²) in [6, 6.07) is 18.7. The molecule has 1 aromatic heterocycles. The van der Waals surface area contributed by atoms with Gasteiger partial charge in [-0.15, -0.1) is 11.3 Å². The fourth-order valence-corrected chi connectivity index (χ4v) is 6.03. The third-order valence-electron chi connectivity index (χ3n) is 7.20. The number of benzene rings is 2. The standard InChI is InChI=1S/C30H32N2O6S/c1-29(2,3)38-26(33)25-15-30(27(34)35,31-16-19-9-8-14-39-19)18-32(25)28(36)37-17-24-22-12-6-4-10-20(22)21-11-5-7-13-23(21)24/h4-14,24-25,31H,15-18H2,1-3H3,(H,34,35). The molecule has 1 saturated heterocycles. The summed E-state index contributed by atoms with van der Waals surface area (Å²) in [6.45, 7) is 5.33. The lowest BCUT2D eigenvalue weighted by molar-refractivity contribution is -0.159. The zero-order valence-electron chi connectivity index (χ0n) is 22.2. The molecule has 0 radical (unpaired) electrons. The van der Waals surface area contributed by atoms with E-state index >= 15 is 0 Å². The predicted molar refractivity (Wildman–Crippen MR) is 148 cm³/mol. The number of carboxylic acids is 1. The summed E-state index contributed by atoms with van der Waals surface area (Å²) in [4.78, 5) is 41.5. The second kappa shape index (κ2) is 10.5. The van der Waals surface area contributed by atoms with Crippen molar-refractivity contribution in [2.45, 2.75) is 56.8 Å². The lowest BCUT2D eigenvalue weighted by atomic mass is 9.95. The first kappa shape index (κ1) is 26.9. The van der Waals surface area contributed by atoms with Crippen LogP contribution < -0.4 is 5.32 Å². The normalized spacial score (nSPS) is 20.4. The number of nitrogens with one attached hydrogen (secondary N) is 1. The van der Waals surface area contributed by atoms with Crippen LogP contribution in [0.25, 0.3) is 11.1 Å². The highest BCUT2D eigenvalue weighted by atomic mass is 32.1. The van der Waals surface area contributed by atoms with Gasteiger partial charge in [0.2, 0.25) is 0 Å². The highest BCUT2D eigenvalue weighted by molar-refractivity contribution is 7.09. The minimum atomic E-state index is -1.53. The maximum absolute atomic E-state index is 13.5. The number of carbonyl (C=O) groups excluding carboxylic acids is 2. The average molecular weight is 549 g/mol. The van der Waals surface area contributed by atoms with Crippen molar-refractivity contribution in [2.24, 2.45) is 0 Å². The summed E-state index contributed by atoms with van der Waals surface area (Å²) in [5, 5.41) is 15.3. The number of thiophene rings is 1. The van der Waals surface area contributed by atoms with Crippen LogP contribution in [0.15, 0.2) is 66.0 Å². The van der Waals surface area contributed by atoms with E-state index in [0.29, 0.717) is 6.54 Å². The van der Waals surface area contributed by atoms with E-state index < -0.39 is 35.2 Å². The summed E-state index contributed by atoms with van der Waals surface area (Å²) >= 11 is 1.50. The van der Waals surface area contributed by atoms with Gasteiger partial charge in [-0.1, -0.05) is 54.6 Å². The number of carbonyl (C=O) groups is 3. The Morgan fingerprint density at radius 3 is 2.23 bits per heavy atom. The number of nitrogens with zero attached hydrogens (tertiary/aromatic N) is 1. The van der Waals surface area contributed by atoms with E-state index in [1.54, 1.807) is 20.8 Å². The number of hydrogen-bond acceptors (Lipinski definition) is 7. The maximum atomic E-state index is 13.5. The van der Waals surface area contributed by atoms with E-state index in [2.05, 4.69) is 17.4 Å². The molecule has 0 spiro atoms. The van der Waals surface area contributed by atoms with Crippen LogP contribution in [-0.4, -0.2) is 58.4 Å². The quantitative estimate of drug-likeness (QED) is 0.399. The Labute approximate surface area is 231 Å². The Hall–Kier alpha value is -3.69. The molecule has 2 atom stereocenters. The van der Waals surface area contributed by atoms with Crippen molar-refractivity contribution in [3.63, 3.8) is 0 Å². The van der Waals surface area contributed by atoms with Gasteiger partial charge in [0.05, 0.1) is 6.54 Å². The molecule has 1 aliphatic heterocycles. The first-order valence-electron chi connectivity index (χ1n) is 12.9. The van der Waals surface area contributed by atoms with Crippen molar-refractivity contribution in [2.75, 3.05) is 13.2 Å². The van der Waals surface area contributed by atoms with E-state index in [0.717, 1.165) is 27.1 Å². The lowest BCUT2D eigenvalue weighted by Crippen LogP contribution is -2.54. The Morgan fingerprint density at radius 1 is 1.03 bits per heavy atom. The van der Waals surface area contributed by atoms with E-state index in [1.165, 1.54) is 16.2 Å². The fourth-order valence-electron chi connectivity index (χ4n) is 5.38. The van der Waals surface area contributed by atoms with Crippen molar-refractivity contribution in [3.05, 3.63) is 82.0 Å². The highest BCUT2D eigenvalue weighted by Gasteiger charge is 2.55. The van der Waals surface area contributed by atoms with Crippen molar-refractivity contribution < 1.29 is 29.0 Å². The van der Waals surface area contributed by atoms with Gasteiger partial charge in [-0.3, -0.25) is 15.0 Å². The zero-order chi connectivity index (χ0) is 27.8. The Kier molecular flexibility index (Phi) is 7.22. The minimum absolute atomic E-state index is 0.0626. The molecule has 1 amide bonds. The molecule has 2 aliphatic rings. The van der Waals surface area contributed by atoms with Gasteiger partial charge in [-0.2, -0.15) is 0 Å². The second-order valence-corrected chi connectivity index (χ2v) is 12.0. The molecule has 2 aromatic carbocycles. The van der Waals surface area contributed by atoms with Crippen molar-refractivity contribution in [3.8, 4) is 11.1 Å². The number of esters is 1. The first-order valence-corrected chi connectivity index (χ1v) is 13.8. The number of ether oxygens (including phenoxy) is 2. The SMILES string of the molecule is CC(C)(C)OC(=O)C1CC(NCc2cccs2)(C(=O)O)CN1C(=O)OCC1c2ccccc2-c2ccccc21. The summed E-state index contributed by atoms with van der Waals surface area (Å²) in [6.07, 6.45) is -0.874. The third kappa shape index (κ3) is 5.42. The summed E-state index contributed by atoms with van der Waals surface area (Å²) in [7, 11) is 0. The Balaban J connectivity index is 1.38.